The van der Waals surface area contributed by atoms with Crippen LogP contribution >= 0.6 is 0 Å². The van der Waals surface area contributed by atoms with Crippen LogP contribution < -0.4 is 10.6 Å². The van der Waals surface area contributed by atoms with Gasteiger partial charge in [0.15, 0.2) is 0 Å². The lowest BCUT2D eigenvalue weighted by molar-refractivity contribution is 0.603. The number of rotatable bonds is 6. The van der Waals surface area contributed by atoms with Crippen molar-refractivity contribution >= 4 is 17.5 Å². The highest BCUT2D eigenvalue weighted by atomic mass is 19.1. The van der Waals surface area contributed by atoms with Crippen LogP contribution in [0.25, 0.3) is 11.3 Å². The van der Waals surface area contributed by atoms with E-state index >= 15 is 0 Å². The van der Waals surface area contributed by atoms with E-state index in [4.69, 9.17) is 0 Å². The zero-order valence-electron chi connectivity index (χ0n) is 14.5. The molecule has 0 aliphatic carbocycles. The number of nitrogens with one attached hydrogen (secondary N) is 2. The average Bonchev–Trinajstić information content (AvgIpc) is 2.65. The van der Waals surface area contributed by atoms with Crippen molar-refractivity contribution in [3.8, 4) is 11.3 Å². The van der Waals surface area contributed by atoms with Crippen LogP contribution in [0.15, 0.2) is 48.8 Å². The van der Waals surface area contributed by atoms with E-state index in [1.54, 1.807) is 18.5 Å². The molecule has 1 atom stereocenters. The van der Waals surface area contributed by atoms with Crippen molar-refractivity contribution in [3.63, 3.8) is 0 Å². The summed E-state index contributed by atoms with van der Waals surface area (Å²) in [6.07, 6.45) is 4.22. The van der Waals surface area contributed by atoms with E-state index in [9.17, 15) is 8.78 Å². The van der Waals surface area contributed by atoms with Gasteiger partial charge in [0.2, 0.25) is 5.95 Å². The Morgan fingerprint density at radius 3 is 2.54 bits per heavy atom. The molecule has 0 spiro atoms. The zero-order valence-corrected chi connectivity index (χ0v) is 14.5. The maximum atomic E-state index is 13.9. The lowest BCUT2D eigenvalue weighted by Gasteiger charge is -2.15. The van der Waals surface area contributed by atoms with Gasteiger partial charge >= 0.3 is 0 Å². The van der Waals surface area contributed by atoms with Crippen molar-refractivity contribution in [2.75, 3.05) is 10.6 Å². The fraction of sp³-hybridized carbons (Fsp3) is 0.211. The highest BCUT2D eigenvalue weighted by Gasteiger charge is 2.11. The Balaban J connectivity index is 2.00. The van der Waals surface area contributed by atoms with Crippen molar-refractivity contribution < 1.29 is 8.78 Å². The molecule has 2 aromatic heterocycles. The molecule has 0 fully saturated rings. The summed E-state index contributed by atoms with van der Waals surface area (Å²) in [6, 6.07) is 8.72. The first-order chi connectivity index (χ1) is 12.5. The molecule has 3 rings (SSSR count). The summed E-state index contributed by atoms with van der Waals surface area (Å²) >= 11 is 0. The molecule has 26 heavy (non-hydrogen) atoms. The smallest absolute Gasteiger partial charge is 0.225 e. The first-order valence-electron chi connectivity index (χ1n) is 8.33. The van der Waals surface area contributed by atoms with Crippen LogP contribution in [0.2, 0.25) is 0 Å². The van der Waals surface area contributed by atoms with Gasteiger partial charge in [-0.1, -0.05) is 6.92 Å². The number of hydrogen-bond donors (Lipinski definition) is 2. The third-order valence-electron chi connectivity index (χ3n) is 3.88. The summed E-state index contributed by atoms with van der Waals surface area (Å²) in [5.41, 5.74) is 1.50. The van der Waals surface area contributed by atoms with Gasteiger partial charge in [-0.15, -0.1) is 0 Å². The minimum Gasteiger partial charge on any atom is -0.352 e. The Hall–Kier alpha value is -3.09. The maximum Gasteiger partial charge on any atom is 0.225 e. The Morgan fingerprint density at radius 2 is 1.81 bits per heavy atom. The number of halogens is 2. The van der Waals surface area contributed by atoms with E-state index in [1.807, 2.05) is 26.0 Å². The number of nitrogens with zero attached hydrogens (tertiary/aromatic N) is 3. The van der Waals surface area contributed by atoms with Crippen molar-refractivity contribution in [1.29, 1.82) is 0 Å². The Kier molecular flexibility index (Phi) is 5.36. The van der Waals surface area contributed by atoms with Gasteiger partial charge in [0.1, 0.15) is 17.5 Å². The van der Waals surface area contributed by atoms with Gasteiger partial charge in [-0.05, 0) is 37.6 Å². The lowest BCUT2D eigenvalue weighted by Crippen LogP contribution is -2.16. The summed E-state index contributed by atoms with van der Waals surface area (Å²) in [6.45, 7) is 4.06. The van der Waals surface area contributed by atoms with Gasteiger partial charge in [0.05, 0.1) is 11.4 Å². The molecule has 2 heterocycles. The first kappa shape index (κ1) is 17.7. The Labute approximate surface area is 150 Å². The number of anilines is 3. The Morgan fingerprint density at radius 1 is 1.04 bits per heavy atom. The summed E-state index contributed by atoms with van der Waals surface area (Å²) in [4.78, 5) is 12.9. The van der Waals surface area contributed by atoms with Crippen LogP contribution in [0.5, 0.6) is 0 Å². The molecule has 2 N–H and O–H groups in total. The molecule has 0 radical (unpaired) electrons. The molecule has 0 saturated carbocycles. The van der Waals surface area contributed by atoms with Crippen LogP contribution in [0.3, 0.4) is 0 Å². The standard InChI is InChI=1S/C19H19F2N5/c1-3-12(2)23-19-25-16(13-6-8-22-9-7-13)11-18(26-19)24-17-10-14(20)4-5-15(17)21/h4-12H,3H2,1-2H3,(H2,23,24,25,26)/t12-/m0/s1. The molecule has 0 aliphatic heterocycles. The third kappa shape index (κ3) is 4.30. The molecular weight excluding hydrogens is 336 g/mol. The van der Waals surface area contributed by atoms with E-state index in [0.717, 1.165) is 30.2 Å². The summed E-state index contributed by atoms with van der Waals surface area (Å²) < 4.78 is 27.4. The predicted molar refractivity (Wildman–Crippen MR) is 98.3 cm³/mol. The van der Waals surface area contributed by atoms with Gasteiger partial charge in [0, 0.05) is 36.1 Å². The van der Waals surface area contributed by atoms with Crippen molar-refractivity contribution in [2.24, 2.45) is 0 Å². The molecular formula is C19H19F2N5. The molecule has 134 valence electrons. The van der Waals surface area contributed by atoms with Gasteiger partial charge in [-0.2, -0.15) is 4.98 Å². The highest BCUT2D eigenvalue weighted by Crippen LogP contribution is 2.25. The fourth-order valence-corrected chi connectivity index (χ4v) is 2.30. The molecule has 0 saturated heterocycles. The Bertz CT molecular complexity index is 886. The summed E-state index contributed by atoms with van der Waals surface area (Å²) in [5, 5.41) is 6.04. The molecule has 0 amide bonds. The second-order valence-electron chi connectivity index (χ2n) is 5.90. The maximum absolute atomic E-state index is 13.9. The van der Waals surface area contributed by atoms with Crippen molar-refractivity contribution in [1.82, 2.24) is 15.0 Å². The molecule has 1 aromatic carbocycles. The number of benzene rings is 1. The second kappa shape index (κ2) is 7.86. The van der Waals surface area contributed by atoms with E-state index in [2.05, 4.69) is 25.6 Å². The van der Waals surface area contributed by atoms with Crippen molar-refractivity contribution in [2.45, 2.75) is 26.3 Å². The van der Waals surface area contributed by atoms with E-state index < -0.39 is 11.6 Å². The molecule has 0 bridgehead atoms. The molecule has 0 aliphatic rings. The minimum absolute atomic E-state index is 0.0128. The quantitative estimate of drug-likeness (QED) is 0.667. The van der Waals surface area contributed by atoms with Crippen LogP contribution in [0, 0.1) is 11.6 Å². The molecule has 5 nitrogen and oxygen atoms in total. The van der Waals surface area contributed by atoms with Gasteiger partial charge < -0.3 is 10.6 Å². The van der Waals surface area contributed by atoms with Crippen molar-refractivity contribution in [3.05, 3.63) is 60.4 Å². The highest BCUT2D eigenvalue weighted by molar-refractivity contribution is 5.67. The largest absolute Gasteiger partial charge is 0.352 e. The van der Waals surface area contributed by atoms with Crippen LogP contribution in [0.4, 0.5) is 26.2 Å². The summed E-state index contributed by atoms with van der Waals surface area (Å²) in [5.74, 6) is -0.322. The van der Waals surface area contributed by atoms with Crippen LogP contribution in [-0.2, 0) is 0 Å². The third-order valence-corrected chi connectivity index (χ3v) is 3.88. The first-order valence-corrected chi connectivity index (χ1v) is 8.33. The van der Waals surface area contributed by atoms with Gasteiger partial charge in [0.25, 0.3) is 0 Å². The summed E-state index contributed by atoms with van der Waals surface area (Å²) in [7, 11) is 0. The predicted octanol–water partition coefficient (Wildman–Crippen LogP) is 4.77. The number of hydrogen-bond acceptors (Lipinski definition) is 5. The van der Waals surface area contributed by atoms with Crippen LogP contribution in [-0.4, -0.2) is 21.0 Å². The zero-order chi connectivity index (χ0) is 18.5. The van der Waals surface area contributed by atoms with Crippen LogP contribution in [0.1, 0.15) is 20.3 Å². The number of aromatic nitrogens is 3. The fourth-order valence-electron chi connectivity index (χ4n) is 2.30. The van der Waals surface area contributed by atoms with Gasteiger partial charge in [-0.3, -0.25) is 4.98 Å². The molecule has 3 aromatic rings. The SMILES string of the molecule is CC[C@H](C)Nc1nc(Nc2cc(F)ccc2F)cc(-c2ccncc2)n1. The van der Waals surface area contributed by atoms with E-state index in [-0.39, 0.29) is 11.7 Å². The monoisotopic (exact) mass is 355 g/mol. The minimum atomic E-state index is -0.563. The van der Waals surface area contributed by atoms with E-state index in [1.165, 1.54) is 0 Å². The van der Waals surface area contributed by atoms with E-state index in [0.29, 0.717) is 17.5 Å². The molecule has 0 unspecified atom stereocenters. The topological polar surface area (TPSA) is 62.7 Å². The van der Waals surface area contributed by atoms with Gasteiger partial charge in [-0.25, -0.2) is 13.8 Å². The number of pyridine rings is 1. The normalized spacial score (nSPS) is 11.8. The lowest BCUT2D eigenvalue weighted by atomic mass is 10.2. The molecule has 7 heteroatoms. The average molecular weight is 355 g/mol. The second-order valence-corrected chi connectivity index (χ2v) is 5.90.